The molecule has 4 amide bonds. The van der Waals surface area contributed by atoms with Crippen LogP contribution in [-0.2, 0) is 26.9 Å². The van der Waals surface area contributed by atoms with Crippen molar-refractivity contribution >= 4 is 58.8 Å². The Morgan fingerprint density at radius 1 is 1.20 bits per heavy atom. The first kappa shape index (κ1) is 25.0. The van der Waals surface area contributed by atoms with Crippen LogP contribution in [-0.4, -0.2) is 57.5 Å². The van der Waals surface area contributed by atoms with E-state index >= 15 is 0 Å². The second kappa shape index (κ2) is 8.82. The summed E-state index contributed by atoms with van der Waals surface area (Å²) in [7, 11) is 4.94. The summed E-state index contributed by atoms with van der Waals surface area (Å²) in [4.78, 5) is 51.4. The summed E-state index contributed by atoms with van der Waals surface area (Å²) in [6.45, 7) is 0.117. The fraction of sp³-hybridized carbons (Fsp3) is 0.273. The molecule has 2 N–H and O–H groups in total. The van der Waals surface area contributed by atoms with Gasteiger partial charge in [-0.05, 0) is 35.1 Å². The molecule has 35 heavy (non-hydrogen) atoms. The highest BCUT2D eigenvalue weighted by molar-refractivity contribution is 6.38. The Bertz CT molecular complexity index is 1250. The molecule has 0 bridgehead atoms. The Morgan fingerprint density at radius 3 is 2.49 bits per heavy atom. The Balaban J connectivity index is 1.53. The Hall–Kier alpha value is -3.14. The summed E-state index contributed by atoms with van der Waals surface area (Å²) in [5.41, 5.74) is -0.174. The minimum absolute atomic E-state index is 0.110. The largest absolute Gasteiger partial charge is 0.352 e. The van der Waals surface area contributed by atoms with Gasteiger partial charge in [0.05, 0.1) is 5.44 Å². The summed E-state index contributed by atoms with van der Waals surface area (Å²) in [6, 6.07) is 9.58. The zero-order valence-electron chi connectivity index (χ0n) is 19.3. The van der Waals surface area contributed by atoms with E-state index in [-0.39, 0.29) is 29.8 Å². The molecule has 2 aromatic carbocycles. The van der Waals surface area contributed by atoms with Gasteiger partial charge in [-0.1, -0.05) is 35.9 Å². The molecule has 0 spiro atoms. The molecule has 0 aliphatic carbocycles. The molecule has 7 nitrogen and oxygen atoms in total. The van der Waals surface area contributed by atoms with Crippen molar-refractivity contribution in [2.75, 3.05) is 0 Å². The van der Waals surface area contributed by atoms with E-state index in [1.165, 1.54) is 17.0 Å². The number of nitrogens with zero attached hydrogens (tertiary/aromatic N) is 1. The molecule has 178 valence electrons. The number of rotatable bonds is 5. The molecule has 0 aromatic heterocycles. The van der Waals surface area contributed by atoms with Crippen LogP contribution in [0.3, 0.4) is 0 Å². The van der Waals surface area contributed by atoms with Gasteiger partial charge in [0, 0.05) is 35.1 Å². The van der Waals surface area contributed by atoms with E-state index in [1.807, 2.05) is 0 Å². The van der Waals surface area contributed by atoms with Crippen molar-refractivity contribution in [3.05, 3.63) is 69.7 Å². The van der Waals surface area contributed by atoms with Crippen LogP contribution in [0.4, 0.5) is 8.78 Å². The normalized spacial score (nSPS) is 23.0. The number of benzene rings is 2. The summed E-state index contributed by atoms with van der Waals surface area (Å²) < 4.78 is 29.3. The van der Waals surface area contributed by atoms with Gasteiger partial charge in [-0.25, -0.2) is 0 Å². The van der Waals surface area contributed by atoms with Gasteiger partial charge in [0.1, 0.15) is 23.5 Å². The Morgan fingerprint density at radius 2 is 1.86 bits per heavy atom. The van der Waals surface area contributed by atoms with Gasteiger partial charge in [0.2, 0.25) is 11.8 Å². The number of piperidine rings is 1. The molecule has 2 aliphatic rings. The van der Waals surface area contributed by atoms with Gasteiger partial charge in [-0.3, -0.25) is 24.5 Å². The molecule has 2 unspecified atom stereocenters. The highest BCUT2D eigenvalue weighted by atomic mass is 35.5. The van der Waals surface area contributed by atoms with Crippen LogP contribution >= 0.6 is 11.6 Å². The van der Waals surface area contributed by atoms with Crippen molar-refractivity contribution in [3.63, 3.8) is 0 Å². The molecule has 2 aliphatic heterocycles. The van der Waals surface area contributed by atoms with E-state index in [0.717, 1.165) is 12.1 Å². The standard InChI is InChI=1S/C22H21B3ClF2N3O4/c23-15-8-16(32)29-19(34)21(15,25)31-9-11-7-10(1-6-14(11)18(31)33)17(24)30-20(35)22(27,28)12-2-4-13(26)5-3-12/h1-7,15,17H,8-9,23-25H2,(H,30,35)(H,29,32,34)/t15?,17?,21-/m0/s1. The van der Waals surface area contributed by atoms with Crippen LogP contribution in [0.5, 0.6) is 0 Å². The lowest BCUT2D eigenvalue weighted by Crippen LogP contribution is -2.66. The number of nitrogens with one attached hydrogen (secondary N) is 2. The van der Waals surface area contributed by atoms with Crippen LogP contribution in [0.1, 0.15) is 39.4 Å². The molecule has 3 atom stereocenters. The number of imide groups is 1. The van der Waals surface area contributed by atoms with Crippen molar-refractivity contribution in [3.8, 4) is 0 Å². The highest BCUT2D eigenvalue weighted by Crippen LogP contribution is 2.38. The third-order valence-corrected chi connectivity index (χ3v) is 7.25. The smallest absolute Gasteiger partial charge is 0.349 e. The van der Waals surface area contributed by atoms with Gasteiger partial charge in [-0.2, -0.15) is 8.78 Å². The quantitative estimate of drug-likeness (QED) is 0.436. The number of halogens is 3. The van der Waals surface area contributed by atoms with Gasteiger partial charge in [-0.15, -0.1) is 0 Å². The lowest BCUT2D eigenvalue weighted by atomic mass is 9.56. The first-order valence-corrected chi connectivity index (χ1v) is 11.5. The van der Waals surface area contributed by atoms with Crippen molar-refractivity contribution < 1.29 is 28.0 Å². The van der Waals surface area contributed by atoms with Gasteiger partial charge >= 0.3 is 5.92 Å². The zero-order valence-corrected chi connectivity index (χ0v) is 20.1. The molecule has 4 rings (SSSR count). The zero-order chi connectivity index (χ0) is 25.7. The molecule has 13 heteroatoms. The van der Waals surface area contributed by atoms with E-state index in [4.69, 9.17) is 11.6 Å². The molecular formula is C22H21B3ClF2N3O4. The van der Waals surface area contributed by atoms with Gasteiger partial charge < -0.3 is 10.2 Å². The van der Waals surface area contributed by atoms with Crippen LogP contribution in [0.15, 0.2) is 42.5 Å². The van der Waals surface area contributed by atoms with Gasteiger partial charge in [0.25, 0.3) is 11.8 Å². The fourth-order valence-electron chi connectivity index (χ4n) is 4.54. The molecule has 1 fully saturated rings. The van der Waals surface area contributed by atoms with E-state index in [1.54, 1.807) is 41.7 Å². The average molecular weight is 497 g/mol. The molecule has 1 saturated heterocycles. The second-order valence-electron chi connectivity index (χ2n) is 9.21. The third kappa shape index (κ3) is 4.24. The number of alkyl halides is 2. The predicted molar refractivity (Wildman–Crippen MR) is 132 cm³/mol. The van der Waals surface area contributed by atoms with E-state index in [2.05, 4.69) is 10.6 Å². The lowest BCUT2D eigenvalue weighted by molar-refractivity contribution is -0.147. The number of hydrogen-bond donors (Lipinski definition) is 2. The van der Waals surface area contributed by atoms with E-state index in [0.29, 0.717) is 16.7 Å². The summed E-state index contributed by atoms with van der Waals surface area (Å²) in [5, 5.41) is 4.92. The third-order valence-electron chi connectivity index (χ3n) is 7.00. The minimum atomic E-state index is -3.77. The first-order chi connectivity index (χ1) is 16.4. The Kier molecular flexibility index (Phi) is 6.29. The van der Waals surface area contributed by atoms with Crippen LogP contribution in [0.25, 0.3) is 0 Å². The van der Waals surface area contributed by atoms with E-state index < -0.39 is 40.5 Å². The maximum Gasteiger partial charge on any atom is 0.349 e. The summed E-state index contributed by atoms with van der Waals surface area (Å²) >= 11 is 5.74. The van der Waals surface area contributed by atoms with Crippen molar-refractivity contribution in [2.45, 2.75) is 36.1 Å². The lowest BCUT2D eigenvalue weighted by Gasteiger charge is -2.44. The Labute approximate surface area is 208 Å². The molecule has 2 aromatic rings. The van der Waals surface area contributed by atoms with Gasteiger partial charge in [0.15, 0.2) is 0 Å². The van der Waals surface area contributed by atoms with Crippen LogP contribution < -0.4 is 10.6 Å². The molecular weight excluding hydrogens is 476 g/mol. The van der Waals surface area contributed by atoms with Crippen molar-refractivity contribution in [2.24, 2.45) is 0 Å². The summed E-state index contributed by atoms with van der Waals surface area (Å²) in [5.74, 6) is -7.67. The number of fused-ring (bicyclic) bond motifs is 1. The summed E-state index contributed by atoms with van der Waals surface area (Å²) in [6.07, 6.45) is 0.110. The highest BCUT2D eigenvalue weighted by Gasteiger charge is 2.52. The maximum absolute atomic E-state index is 14.7. The minimum Gasteiger partial charge on any atom is -0.352 e. The second-order valence-corrected chi connectivity index (χ2v) is 9.65. The average Bonchev–Trinajstić information content (AvgIpc) is 3.13. The topological polar surface area (TPSA) is 95.6 Å². The van der Waals surface area contributed by atoms with Crippen molar-refractivity contribution in [1.29, 1.82) is 0 Å². The predicted octanol–water partition coefficient (Wildman–Crippen LogP) is -0.367. The number of carbonyl (C=O) groups excluding carboxylic acids is 4. The molecule has 2 heterocycles. The fourth-order valence-corrected chi connectivity index (χ4v) is 4.67. The first-order valence-electron chi connectivity index (χ1n) is 11.1. The number of amides is 4. The molecule has 0 saturated carbocycles. The number of carbonyl (C=O) groups is 4. The van der Waals surface area contributed by atoms with E-state index in [9.17, 15) is 28.0 Å². The van der Waals surface area contributed by atoms with Crippen LogP contribution in [0.2, 0.25) is 10.8 Å². The SMILES string of the molecule is BC(NC(=O)C(F)(F)c1ccc(Cl)cc1)c1ccc2c(c1)CN([C@]1(B)C(=O)NC(=O)CC1B)C2=O. The maximum atomic E-state index is 14.7. The van der Waals surface area contributed by atoms with Crippen LogP contribution in [0, 0.1) is 0 Å². The molecule has 0 radical (unpaired) electrons. The monoisotopic (exact) mass is 497 g/mol. The number of hydrogen-bond acceptors (Lipinski definition) is 4. The van der Waals surface area contributed by atoms with Crippen molar-refractivity contribution in [1.82, 2.24) is 15.5 Å².